The van der Waals surface area contributed by atoms with Gasteiger partial charge in [-0.2, -0.15) is 0 Å². The molecule has 4 nitrogen and oxygen atoms in total. The first-order chi connectivity index (χ1) is 6.77. The molecule has 1 aliphatic heterocycles. The van der Waals surface area contributed by atoms with Crippen LogP contribution in [0.15, 0.2) is 0 Å². The highest BCUT2D eigenvalue weighted by molar-refractivity contribution is 5.77. The van der Waals surface area contributed by atoms with Crippen LogP contribution in [0.5, 0.6) is 0 Å². The third-order valence-electron chi connectivity index (χ3n) is 2.55. The summed E-state index contributed by atoms with van der Waals surface area (Å²) in [6.45, 7) is 5.26. The van der Waals surface area contributed by atoms with Crippen molar-refractivity contribution in [1.82, 2.24) is 4.90 Å². The van der Waals surface area contributed by atoms with E-state index in [9.17, 15) is 4.79 Å². The second-order valence-electron chi connectivity index (χ2n) is 3.78. The van der Waals surface area contributed by atoms with E-state index >= 15 is 0 Å². The Balaban J connectivity index is 2.18. The minimum Gasteiger partial charge on any atom is -0.372 e. The average molecular weight is 200 g/mol. The highest BCUT2D eigenvalue weighted by atomic mass is 16.5. The van der Waals surface area contributed by atoms with Crippen LogP contribution >= 0.6 is 0 Å². The Labute approximate surface area is 85.4 Å². The Morgan fingerprint density at radius 2 is 2.43 bits per heavy atom. The Hall–Kier alpha value is -0.610. The molecule has 0 aromatic carbocycles. The normalized spacial score (nSPS) is 21.6. The van der Waals surface area contributed by atoms with Crippen LogP contribution in [-0.4, -0.2) is 43.7 Å². The van der Waals surface area contributed by atoms with Crippen LogP contribution in [0.25, 0.3) is 0 Å². The zero-order valence-electron chi connectivity index (χ0n) is 8.87. The Morgan fingerprint density at radius 3 is 3.00 bits per heavy atom. The van der Waals surface area contributed by atoms with Crippen molar-refractivity contribution in [1.29, 1.82) is 0 Å². The van der Waals surface area contributed by atoms with Crippen LogP contribution in [0, 0.1) is 5.92 Å². The van der Waals surface area contributed by atoms with Gasteiger partial charge in [-0.1, -0.05) is 6.92 Å². The van der Waals surface area contributed by atoms with Crippen molar-refractivity contribution in [2.75, 3.05) is 32.8 Å². The molecule has 0 aromatic heterocycles. The van der Waals surface area contributed by atoms with Crippen molar-refractivity contribution in [3.8, 4) is 0 Å². The number of ether oxygens (including phenoxy) is 1. The quantitative estimate of drug-likeness (QED) is 0.646. The van der Waals surface area contributed by atoms with Crippen LogP contribution in [-0.2, 0) is 9.53 Å². The molecule has 4 heteroatoms. The molecule has 0 saturated carbocycles. The molecule has 0 spiro atoms. The molecule has 0 radical (unpaired) electrons. The fourth-order valence-corrected chi connectivity index (χ4v) is 1.65. The van der Waals surface area contributed by atoms with Gasteiger partial charge in [0.05, 0.1) is 0 Å². The van der Waals surface area contributed by atoms with Crippen molar-refractivity contribution in [3.63, 3.8) is 0 Å². The van der Waals surface area contributed by atoms with Crippen molar-refractivity contribution in [2.24, 2.45) is 11.7 Å². The molecule has 1 amide bonds. The Morgan fingerprint density at radius 1 is 1.64 bits per heavy atom. The summed E-state index contributed by atoms with van der Waals surface area (Å²) in [5, 5.41) is 0. The summed E-state index contributed by atoms with van der Waals surface area (Å²) in [6, 6.07) is 0. The minimum absolute atomic E-state index is 0.106. The fraction of sp³-hybridized carbons (Fsp3) is 0.900. The smallest absolute Gasteiger partial charge is 0.248 e. The average Bonchev–Trinajstić information content (AvgIpc) is 2.66. The monoisotopic (exact) mass is 200 g/mol. The molecule has 82 valence electrons. The van der Waals surface area contributed by atoms with Gasteiger partial charge in [0, 0.05) is 19.7 Å². The van der Waals surface area contributed by atoms with E-state index in [1.807, 2.05) is 11.8 Å². The van der Waals surface area contributed by atoms with Gasteiger partial charge < -0.3 is 15.4 Å². The molecule has 1 heterocycles. The van der Waals surface area contributed by atoms with E-state index < -0.39 is 0 Å². The molecule has 2 N–H and O–H groups in total. The lowest BCUT2D eigenvalue weighted by Gasteiger charge is -2.15. The zero-order valence-corrected chi connectivity index (χ0v) is 8.87. The van der Waals surface area contributed by atoms with E-state index in [2.05, 4.69) is 0 Å². The molecule has 0 aromatic rings. The van der Waals surface area contributed by atoms with E-state index in [0.29, 0.717) is 19.1 Å². The van der Waals surface area contributed by atoms with Crippen LogP contribution < -0.4 is 5.73 Å². The second kappa shape index (κ2) is 5.98. The van der Waals surface area contributed by atoms with Crippen LogP contribution in [0.1, 0.15) is 19.8 Å². The largest absolute Gasteiger partial charge is 0.372 e. The van der Waals surface area contributed by atoms with Crippen molar-refractivity contribution < 1.29 is 9.53 Å². The number of amides is 1. The van der Waals surface area contributed by atoms with Gasteiger partial charge in [0.1, 0.15) is 6.61 Å². The molecule has 0 bridgehead atoms. The lowest BCUT2D eigenvalue weighted by atomic mass is 10.1. The fourth-order valence-electron chi connectivity index (χ4n) is 1.65. The maximum atomic E-state index is 11.5. The molecule has 1 unspecified atom stereocenters. The van der Waals surface area contributed by atoms with Crippen LogP contribution in [0.2, 0.25) is 0 Å². The molecule has 1 aliphatic rings. The summed E-state index contributed by atoms with van der Waals surface area (Å²) in [5.74, 6) is 0.597. The van der Waals surface area contributed by atoms with Gasteiger partial charge in [0.25, 0.3) is 0 Å². The Kier molecular flexibility index (Phi) is 4.90. The molecular formula is C10H20N2O2. The highest BCUT2D eigenvalue weighted by Gasteiger charge is 2.24. The maximum Gasteiger partial charge on any atom is 0.248 e. The summed E-state index contributed by atoms with van der Waals surface area (Å²) in [5.41, 5.74) is 5.55. The van der Waals surface area contributed by atoms with Gasteiger partial charge in [-0.25, -0.2) is 0 Å². The third-order valence-corrected chi connectivity index (χ3v) is 2.55. The van der Waals surface area contributed by atoms with Gasteiger partial charge in [-0.05, 0) is 25.3 Å². The predicted molar refractivity (Wildman–Crippen MR) is 54.9 cm³/mol. The van der Waals surface area contributed by atoms with Crippen molar-refractivity contribution in [2.45, 2.75) is 19.8 Å². The number of carbonyl (C=O) groups is 1. The summed E-state index contributed by atoms with van der Waals surface area (Å²) < 4.78 is 5.20. The van der Waals surface area contributed by atoms with E-state index in [4.69, 9.17) is 10.5 Å². The second-order valence-corrected chi connectivity index (χ2v) is 3.78. The molecule has 1 atom stereocenters. The van der Waals surface area contributed by atoms with Gasteiger partial charge >= 0.3 is 0 Å². The Bertz CT molecular complexity index is 185. The van der Waals surface area contributed by atoms with Crippen molar-refractivity contribution >= 4 is 5.91 Å². The van der Waals surface area contributed by atoms with E-state index in [-0.39, 0.29) is 12.5 Å². The summed E-state index contributed by atoms with van der Waals surface area (Å²) in [7, 11) is 0. The molecule has 0 aliphatic carbocycles. The van der Waals surface area contributed by atoms with Crippen LogP contribution in [0.3, 0.4) is 0 Å². The summed E-state index contributed by atoms with van der Waals surface area (Å²) in [4.78, 5) is 13.4. The number of carbonyl (C=O) groups excluding carboxylic acids is 1. The zero-order chi connectivity index (χ0) is 10.4. The van der Waals surface area contributed by atoms with Gasteiger partial charge in [0.2, 0.25) is 5.91 Å². The first-order valence-electron chi connectivity index (χ1n) is 5.33. The predicted octanol–water partition coefficient (Wildman–Crippen LogP) is 0.220. The highest BCUT2D eigenvalue weighted by Crippen LogP contribution is 2.14. The third kappa shape index (κ3) is 3.27. The lowest BCUT2D eigenvalue weighted by molar-refractivity contribution is -0.135. The SMILES string of the molecule is CCCOCC(=O)N1CCC(CN)C1. The standard InChI is InChI=1S/C10H20N2O2/c1-2-5-14-8-10(13)12-4-3-9(6-11)7-12/h9H,2-8,11H2,1H3. The molecule has 14 heavy (non-hydrogen) atoms. The first-order valence-corrected chi connectivity index (χ1v) is 5.33. The number of rotatable bonds is 5. The molecule has 1 fully saturated rings. The topological polar surface area (TPSA) is 55.6 Å². The number of nitrogens with two attached hydrogens (primary N) is 1. The number of hydrogen-bond acceptors (Lipinski definition) is 3. The van der Waals surface area contributed by atoms with E-state index in [0.717, 1.165) is 25.9 Å². The number of hydrogen-bond donors (Lipinski definition) is 1. The van der Waals surface area contributed by atoms with Gasteiger partial charge in [0.15, 0.2) is 0 Å². The summed E-state index contributed by atoms with van der Waals surface area (Å²) in [6.07, 6.45) is 1.99. The van der Waals surface area contributed by atoms with E-state index in [1.54, 1.807) is 0 Å². The maximum absolute atomic E-state index is 11.5. The van der Waals surface area contributed by atoms with E-state index in [1.165, 1.54) is 0 Å². The number of likely N-dealkylation sites (tertiary alicyclic amines) is 1. The number of nitrogens with zero attached hydrogens (tertiary/aromatic N) is 1. The first kappa shape index (κ1) is 11.5. The minimum atomic E-state index is 0.106. The molecule has 1 rings (SSSR count). The molecule has 1 saturated heterocycles. The lowest BCUT2D eigenvalue weighted by Crippen LogP contribution is -2.32. The van der Waals surface area contributed by atoms with Gasteiger partial charge in [-0.3, -0.25) is 4.79 Å². The summed E-state index contributed by atoms with van der Waals surface area (Å²) >= 11 is 0. The van der Waals surface area contributed by atoms with Crippen molar-refractivity contribution in [3.05, 3.63) is 0 Å². The van der Waals surface area contributed by atoms with Gasteiger partial charge in [-0.15, -0.1) is 0 Å². The van der Waals surface area contributed by atoms with Crippen LogP contribution in [0.4, 0.5) is 0 Å². The molecular weight excluding hydrogens is 180 g/mol.